The molecule has 3 aromatic rings. The van der Waals surface area contributed by atoms with E-state index in [1.54, 1.807) is 24.7 Å². The number of pyridine rings is 1. The van der Waals surface area contributed by atoms with E-state index in [-0.39, 0.29) is 5.56 Å². The molecule has 1 aliphatic heterocycles. The van der Waals surface area contributed by atoms with Crippen molar-refractivity contribution in [2.24, 2.45) is 0 Å². The van der Waals surface area contributed by atoms with Gasteiger partial charge in [0.05, 0.1) is 19.9 Å². The molecular weight excluding hydrogens is 402 g/mol. The topological polar surface area (TPSA) is 56.1 Å². The Labute approximate surface area is 188 Å². The number of hydrogen-bond acceptors (Lipinski definition) is 5. The number of benzene rings is 1. The number of ether oxygens (including phenoxy) is 2. The van der Waals surface area contributed by atoms with Crippen molar-refractivity contribution in [1.82, 2.24) is 14.3 Å². The highest BCUT2D eigenvalue weighted by molar-refractivity contribution is 5.70. The maximum Gasteiger partial charge on any atom is 0.258 e. The van der Waals surface area contributed by atoms with Crippen molar-refractivity contribution in [3.8, 4) is 22.8 Å². The number of methoxy groups -OCH3 is 2. The number of fused-ring (bicyclic) bond motifs is 1. The minimum absolute atomic E-state index is 0.0859. The van der Waals surface area contributed by atoms with E-state index in [0.717, 1.165) is 42.2 Å². The summed E-state index contributed by atoms with van der Waals surface area (Å²) in [6.07, 6.45) is 9.33. The SMILES string of the molecule is COc1ccc(-c2cc(=O)n3cc(C4=CCN(C5CCC5)CC4)cc(C)c3n2)cc1OC. The summed E-state index contributed by atoms with van der Waals surface area (Å²) in [5.74, 6) is 1.26. The number of hydrogen-bond donors (Lipinski definition) is 0. The predicted octanol–water partition coefficient (Wildman–Crippen LogP) is 4.33. The summed E-state index contributed by atoms with van der Waals surface area (Å²) in [5, 5.41) is 0. The van der Waals surface area contributed by atoms with Crippen LogP contribution in [0.25, 0.3) is 22.5 Å². The zero-order chi connectivity index (χ0) is 22.2. The molecule has 166 valence electrons. The van der Waals surface area contributed by atoms with Gasteiger partial charge in [0.2, 0.25) is 0 Å². The molecule has 3 heterocycles. The van der Waals surface area contributed by atoms with Crippen LogP contribution >= 0.6 is 0 Å². The summed E-state index contributed by atoms with van der Waals surface area (Å²) in [7, 11) is 3.20. The molecule has 1 aliphatic carbocycles. The Morgan fingerprint density at radius 1 is 1.03 bits per heavy atom. The third-order valence-electron chi connectivity index (χ3n) is 6.83. The Kier molecular flexibility index (Phi) is 5.47. The quantitative estimate of drug-likeness (QED) is 0.602. The van der Waals surface area contributed by atoms with E-state index in [4.69, 9.17) is 14.5 Å². The summed E-state index contributed by atoms with van der Waals surface area (Å²) in [5.41, 5.74) is 5.46. The second kappa shape index (κ2) is 8.43. The zero-order valence-corrected chi connectivity index (χ0v) is 18.9. The van der Waals surface area contributed by atoms with Crippen LogP contribution in [0.3, 0.4) is 0 Å². The minimum atomic E-state index is -0.0859. The lowest BCUT2D eigenvalue weighted by molar-refractivity contribution is 0.141. The van der Waals surface area contributed by atoms with Crippen LogP contribution in [0, 0.1) is 6.92 Å². The van der Waals surface area contributed by atoms with Crippen molar-refractivity contribution in [3.05, 3.63) is 64.1 Å². The van der Waals surface area contributed by atoms with Gasteiger partial charge in [0.25, 0.3) is 5.56 Å². The molecule has 6 heteroatoms. The van der Waals surface area contributed by atoms with Gasteiger partial charge in [-0.1, -0.05) is 12.5 Å². The maximum absolute atomic E-state index is 13.1. The number of aromatic nitrogens is 2. The van der Waals surface area contributed by atoms with E-state index in [1.165, 1.54) is 24.8 Å². The molecule has 0 N–H and O–H groups in total. The van der Waals surface area contributed by atoms with Crippen molar-refractivity contribution >= 4 is 11.2 Å². The Morgan fingerprint density at radius 3 is 2.50 bits per heavy atom. The van der Waals surface area contributed by atoms with Crippen LogP contribution in [0.4, 0.5) is 0 Å². The monoisotopic (exact) mass is 431 g/mol. The van der Waals surface area contributed by atoms with Gasteiger partial charge in [-0.3, -0.25) is 14.1 Å². The molecule has 6 nitrogen and oxygen atoms in total. The van der Waals surface area contributed by atoms with Crippen LogP contribution in [-0.2, 0) is 0 Å². The lowest BCUT2D eigenvalue weighted by Gasteiger charge is -2.39. The van der Waals surface area contributed by atoms with E-state index in [1.807, 2.05) is 31.3 Å². The Hall–Kier alpha value is -3.12. The molecule has 32 heavy (non-hydrogen) atoms. The smallest absolute Gasteiger partial charge is 0.258 e. The molecule has 0 radical (unpaired) electrons. The molecule has 1 fully saturated rings. The second-order valence-electron chi connectivity index (χ2n) is 8.71. The first-order valence-corrected chi connectivity index (χ1v) is 11.3. The molecule has 0 unspecified atom stereocenters. The van der Waals surface area contributed by atoms with Gasteiger partial charge in [0.1, 0.15) is 5.65 Å². The zero-order valence-electron chi connectivity index (χ0n) is 18.9. The first-order valence-electron chi connectivity index (χ1n) is 11.3. The molecule has 0 spiro atoms. The third kappa shape index (κ3) is 3.69. The highest BCUT2D eigenvalue weighted by Gasteiger charge is 2.26. The normalized spacial score (nSPS) is 17.2. The molecule has 5 rings (SSSR count). The average Bonchev–Trinajstić information content (AvgIpc) is 2.78. The van der Waals surface area contributed by atoms with Crippen molar-refractivity contribution in [2.45, 2.75) is 38.6 Å². The lowest BCUT2D eigenvalue weighted by atomic mass is 9.89. The van der Waals surface area contributed by atoms with E-state index >= 15 is 0 Å². The lowest BCUT2D eigenvalue weighted by Crippen LogP contribution is -2.42. The predicted molar refractivity (Wildman–Crippen MR) is 127 cm³/mol. The molecule has 0 amide bonds. The van der Waals surface area contributed by atoms with Crippen molar-refractivity contribution in [1.29, 1.82) is 0 Å². The van der Waals surface area contributed by atoms with E-state index in [9.17, 15) is 4.79 Å². The van der Waals surface area contributed by atoms with Crippen LogP contribution in [0.5, 0.6) is 11.5 Å². The molecule has 0 atom stereocenters. The van der Waals surface area contributed by atoms with Crippen LogP contribution in [0.15, 0.2) is 47.4 Å². The molecule has 2 aliphatic rings. The van der Waals surface area contributed by atoms with Gasteiger partial charge in [-0.25, -0.2) is 4.98 Å². The molecule has 1 aromatic carbocycles. The summed E-state index contributed by atoms with van der Waals surface area (Å²) in [4.78, 5) is 20.5. The van der Waals surface area contributed by atoms with Crippen LogP contribution in [0.1, 0.15) is 36.8 Å². The van der Waals surface area contributed by atoms with Gasteiger partial charge in [-0.05, 0) is 67.2 Å². The Balaban J connectivity index is 1.50. The number of nitrogens with zero attached hydrogens (tertiary/aromatic N) is 3. The fraction of sp³-hybridized carbons (Fsp3) is 0.385. The second-order valence-corrected chi connectivity index (χ2v) is 8.71. The van der Waals surface area contributed by atoms with Crippen LogP contribution < -0.4 is 15.0 Å². The molecular formula is C26H29N3O3. The van der Waals surface area contributed by atoms with Crippen LogP contribution in [0.2, 0.25) is 0 Å². The Bertz CT molecular complexity index is 1260. The minimum Gasteiger partial charge on any atom is -0.493 e. The number of aryl methyl sites for hydroxylation is 1. The maximum atomic E-state index is 13.1. The molecule has 2 aromatic heterocycles. The summed E-state index contributed by atoms with van der Waals surface area (Å²) in [6.45, 7) is 4.12. The van der Waals surface area contributed by atoms with E-state index < -0.39 is 0 Å². The standard InChI is InChI=1S/C26H29N3O3/c1-17-13-20(18-9-11-28(12-10-18)21-5-4-6-21)16-29-25(30)15-22(27-26(17)29)19-7-8-23(31-2)24(14-19)32-3/h7-9,13-16,21H,4-6,10-12H2,1-3H3. The third-order valence-corrected chi connectivity index (χ3v) is 6.83. The van der Waals surface area contributed by atoms with Gasteiger partial charge in [0, 0.05) is 37.0 Å². The summed E-state index contributed by atoms with van der Waals surface area (Å²) in [6, 6.07) is 10.1. The fourth-order valence-corrected chi connectivity index (χ4v) is 4.72. The van der Waals surface area contributed by atoms with Crippen molar-refractivity contribution in [2.75, 3.05) is 27.3 Å². The van der Waals surface area contributed by atoms with Gasteiger partial charge in [0.15, 0.2) is 11.5 Å². The highest BCUT2D eigenvalue weighted by Crippen LogP contribution is 2.32. The largest absolute Gasteiger partial charge is 0.493 e. The highest BCUT2D eigenvalue weighted by atomic mass is 16.5. The first kappa shape index (κ1) is 20.8. The summed E-state index contributed by atoms with van der Waals surface area (Å²) < 4.78 is 12.4. The molecule has 1 saturated carbocycles. The van der Waals surface area contributed by atoms with Gasteiger partial charge in [-0.2, -0.15) is 0 Å². The number of rotatable bonds is 5. The van der Waals surface area contributed by atoms with Crippen molar-refractivity contribution < 1.29 is 9.47 Å². The van der Waals surface area contributed by atoms with Gasteiger partial charge < -0.3 is 9.47 Å². The van der Waals surface area contributed by atoms with Gasteiger partial charge >= 0.3 is 0 Å². The van der Waals surface area contributed by atoms with Crippen LogP contribution in [-0.4, -0.2) is 47.6 Å². The first-order chi connectivity index (χ1) is 15.6. The summed E-state index contributed by atoms with van der Waals surface area (Å²) >= 11 is 0. The van der Waals surface area contributed by atoms with Gasteiger partial charge in [-0.15, -0.1) is 0 Å². The van der Waals surface area contributed by atoms with E-state index in [2.05, 4.69) is 17.0 Å². The van der Waals surface area contributed by atoms with E-state index in [0.29, 0.717) is 22.8 Å². The molecule has 0 bridgehead atoms. The fourth-order valence-electron chi connectivity index (χ4n) is 4.72. The molecule has 0 saturated heterocycles. The van der Waals surface area contributed by atoms with Crippen molar-refractivity contribution in [3.63, 3.8) is 0 Å². The average molecular weight is 432 g/mol. The Morgan fingerprint density at radius 2 is 1.84 bits per heavy atom.